The van der Waals surface area contributed by atoms with Crippen LogP contribution in [0.4, 0.5) is 23.1 Å². The quantitative estimate of drug-likeness (QED) is 0.303. The molecule has 0 saturated heterocycles. The van der Waals surface area contributed by atoms with Crippen LogP contribution in [0.1, 0.15) is 23.2 Å². The fourth-order valence-electron chi connectivity index (χ4n) is 3.02. The third-order valence-electron chi connectivity index (χ3n) is 4.80. The van der Waals surface area contributed by atoms with Crippen LogP contribution in [0.2, 0.25) is 0 Å². The molecule has 0 fully saturated rings. The Labute approximate surface area is 202 Å². The van der Waals surface area contributed by atoms with Gasteiger partial charge in [0, 0.05) is 54.0 Å². The topological polar surface area (TPSA) is 192 Å². The van der Waals surface area contributed by atoms with Gasteiger partial charge < -0.3 is 26.6 Å². The molecule has 1 aliphatic rings. The first-order valence-electron chi connectivity index (χ1n) is 9.75. The number of halogens is 2. The maximum absolute atomic E-state index is 12.3. The Morgan fingerprint density at radius 2 is 1.85 bits per heavy atom. The Balaban J connectivity index is 1.62. The van der Waals surface area contributed by atoms with Gasteiger partial charge in [0.05, 0.1) is 6.04 Å². The number of hydrogen-bond acceptors (Lipinski definition) is 9. The van der Waals surface area contributed by atoms with Crippen molar-refractivity contribution in [1.82, 2.24) is 14.4 Å². The van der Waals surface area contributed by atoms with E-state index in [1.165, 1.54) is 18.3 Å². The van der Waals surface area contributed by atoms with Crippen molar-refractivity contribution in [3.8, 4) is 0 Å². The van der Waals surface area contributed by atoms with E-state index in [1.807, 2.05) is 0 Å². The van der Waals surface area contributed by atoms with Crippen LogP contribution in [-0.2, 0) is 9.59 Å². The van der Waals surface area contributed by atoms with Gasteiger partial charge >= 0.3 is 11.9 Å². The van der Waals surface area contributed by atoms with Crippen LogP contribution in [0, 0.1) is 0 Å². The lowest BCUT2D eigenvalue weighted by Gasteiger charge is -2.27. The lowest BCUT2D eigenvalue weighted by molar-refractivity contribution is -0.140. The molecular formula is C19H19Cl2N7O6. The predicted octanol–water partition coefficient (Wildman–Crippen LogP) is 1.03. The maximum Gasteiger partial charge on any atom is 0.326 e. The minimum atomic E-state index is -1.33. The summed E-state index contributed by atoms with van der Waals surface area (Å²) in [5.41, 5.74) is 5.65. The molecule has 2 aromatic rings. The SMILES string of the molecule is Nc1nc2c(c(=O)n1Cl)N(Cl)C(CNc1ccc(C(=O)N[C@@H](CCC(=O)O)C(=O)O)cc1)C=N2. The lowest BCUT2D eigenvalue weighted by Crippen LogP contribution is -2.41. The number of nitrogens with two attached hydrogens (primary N) is 1. The predicted molar refractivity (Wildman–Crippen MR) is 125 cm³/mol. The van der Waals surface area contributed by atoms with Gasteiger partial charge in [-0.1, -0.05) is 0 Å². The first kappa shape index (κ1) is 24.8. The van der Waals surface area contributed by atoms with Crippen molar-refractivity contribution in [2.75, 3.05) is 22.0 Å². The maximum atomic E-state index is 12.3. The first-order chi connectivity index (χ1) is 16.1. The monoisotopic (exact) mass is 511 g/mol. The van der Waals surface area contributed by atoms with Crippen molar-refractivity contribution in [1.29, 1.82) is 0 Å². The molecular weight excluding hydrogens is 493 g/mol. The highest BCUT2D eigenvalue weighted by Gasteiger charge is 2.28. The summed E-state index contributed by atoms with van der Waals surface area (Å²) in [4.78, 5) is 54.6. The molecule has 0 spiro atoms. The zero-order valence-corrected chi connectivity index (χ0v) is 18.8. The first-order valence-corrected chi connectivity index (χ1v) is 10.4. The van der Waals surface area contributed by atoms with Crippen molar-refractivity contribution >= 4 is 70.8 Å². The standard InChI is InChI=1S/C19H19Cl2N7O6/c20-27-11(8-24-15-14(27)17(32)28(21)19(22)26-15)7-23-10-3-1-9(2-4-10)16(31)25-12(18(33)34)5-6-13(29)30/h1-4,8,11-12,23H,5-7H2,(H2,22,26)(H,25,31)(H,29,30)(H,33,34)/t11?,12-/m0/s1. The lowest BCUT2D eigenvalue weighted by atomic mass is 10.1. The van der Waals surface area contributed by atoms with Gasteiger partial charge in [0.2, 0.25) is 5.95 Å². The van der Waals surface area contributed by atoms with Gasteiger partial charge in [0.15, 0.2) is 11.5 Å². The molecule has 2 atom stereocenters. The molecule has 180 valence electrons. The van der Waals surface area contributed by atoms with E-state index in [0.717, 1.165) is 4.42 Å². The van der Waals surface area contributed by atoms with Crippen LogP contribution in [0.25, 0.3) is 0 Å². The zero-order valence-electron chi connectivity index (χ0n) is 17.3. The van der Waals surface area contributed by atoms with Gasteiger partial charge in [0.25, 0.3) is 11.5 Å². The minimum Gasteiger partial charge on any atom is -0.481 e. The molecule has 2 heterocycles. The number of rotatable bonds is 9. The molecule has 13 nitrogen and oxygen atoms in total. The van der Waals surface area contributed by atoms with E-state index >= 15 is 0 Å². The van der Waals surface area contributed by atoms with Crippen LogP contribution in [-0.4, -0.2) is 62.0 Å². The number of hydrogen-bond donors (Lipinski definition) is 5. The highest BCUT2D eigenvalue weighted by atomic mass is 35.5. The molecule has 1 amide bonds. The molecule has 0 saturated carbocycles. The number of anilines is 3. The van der Waals surface area contributed by atoms with Gasteiger partial charge in [0.1, 0.15) is 6.04 Å². The molecule has 0 aliphatic carbocycles. The second-order valence-corrected chi connectivity index (χ2v) is 7.84. The van der Waals surface area contributed by atoms with Crippen molar-refractivity contribution in [2.45, 2.75) is 24.9 Å². The minimum absolute atomic E-state index is 0.0249. The number of nitrogens with one attached hydrogen (secondary N) is 2. The van der Waals surface area contributed by atoms with Crippen LogP contribution in [0.15, 0.2) is 34.1 Å². The summed E-state index contributed by atoms with van der Waals surface area (Å²) < 4.78 is 1.79. The largest absolute Gasteiger partial charge is 0.481 e. The fraction of sp³-hybridized carbons (Fsp3) is 0.263. The van der Waals surface area contributed by atoms with Crippen LogP contribution >= 0.6 is 23.6 Å². The van der Waals surface area contributed by atoms with Gasteiger partial charge in [-0.2, -0.15) is 9.07 Å². The summed E-state index contributed by atoms with van der Waals surface area (Å²) in [5.74, 6) is -3.31. The smallest absolute Gasteiger partial charge is 0.326 e. The zero-order chi connectivity index (χ0) is 25.0. The molecule has 6 N–H and O–H groups in total. The Hall–Kier alpha value is -3.84. The molecule has 1 unspecified atom stereocenters. The second-order valence-electron chi connectivity index (χ2n) is 7.14. The molecule has 1 aromatic heterocycles. The van der Waals surface area contributed by atoms with Crippen molar-refractivity contribution in [3.63, 3.8) is 0 Å². The number of aliphatic imine (C=N–C) groups is 1. The molecule has 15 heteroatoms. The fourth-order valence-corrected chi connectivity index (χ4v) is 3.40. The van der Waals surface area contributed by atoms with Crippen molar-refractivity contribution < 1.29 is 24.6 Å². The number of carbonyl (C=O) groups is 3. The van der Waals surface area contributed by atoms with Crippen molar-refractivity contribution in [3.05, 3.63) is 40.2 Å². The molecule has 1 aromatic carbocycles. The Morgan fingerprint density at radius 1 is 1.18 bits per heavy atom. The van der Waals surface area contributed by atoms with E-state index in [9.17, 15) is 19.2 Å². The van der Waals surface area contributed by atoms with Crippen molar-refractivity contribution in [2.24, 2.45) is 4.99 Å². The number of aromatic nitrogens is 2. The number of carbonyl (C=O) groups excluding carboxylic acids is 1. The summed E-state index contributed by atoms with van der Waals surface area (Å²) in [7, 11) is 0. The van der Waals surface area contributed by atoms with Crippen LogP contribution < -0.4 is 26.3 Å². The van der Waals surface area contributed by atoms with Gasteiger partial charge in [-0.15, -0.1) is 0 Å². The van der Waals surface area contributed by atoms with E-state index in [0.29, 0.717) is 9.77 Å². The molecule has 0 bridgehead atoms. The molecule has 1 aliphatic heterocycles. The van der Waals surface area contributed by atoms with E-state index < -0.39 is 41.9 Å². The third kappa shape index (κ3) is 5.55. The normalized spacial score (nSPS) is 15.4. The van der Waals surface area contributed by atoms with Gasteiger partial charge in [-0.3, -0.25) is 18.8 Å². The molecule has 0 radical (unpaired) electrons. The summed E-state index contributed by atoms with van der Waals surface area (Å²) in [5, 5.41) is 23.3. The summed E-state index contributed by atoms with van der Waals surface area (Å²) in [6.45, 7) is 0.223. The number of nitrogens with zero attached hydrogens (tertiary/aromatic N) is 4. The number of fused-ring (bicyclic) bond motifs is 1. The van der Waals surface area contributed by atoms with E-state index in [2.05, 4.69) is 20.6 Å². The summed E-state index contributed by atoms with van der Waals surface area (Å²) >= 11 is 12.1. The van der Waals surface area contributed by atoms with Crippen LogP contribution in [0.3, 0.4) is 0 Å². The Bertz CT molecular complexity index is 1200. The van der Waals surface area contributed by atoms with E-state index in [1.54, 1.807) is 12.1 Å². The third-order valence-corrected chi connectivity index (χ3v) is 5.55. The number of benzene rings is 1. The highest BCUT2D eigenvalue weighted by molar-refractivity contribution is 6.28. The number of carboxylic acid groups (broad SMARTS) is 2. The molecule has 3 rings (SSSR count). The average Bonchev–Trinajstić information content (AvgIpc) is 2.79. The number of nitrogen functional groups attached to an aromatic ring is 1. The Morgan fingerprint density at radius 3 is 2.47 bits per heavy atom. The van der Waals surface area contributed by atoms with Crippen LogP contribution in [0.5, 0.6) is 0 Å². The number of amides is 1. The van der Waals surface area contributed by atoms with E-state index in [-0.39, 0.29) is 36.0 Å². The van der Waals surface area contributed by atoms with Gasteiger partial charge in [-0.25, -0.2) is 9.79 Å². The summed E-state index contributed by atoms with van der Waals surface area (Å²) in [6, 6.07) is 4.24. The summed E-state index contributed by atoms with van der Waals surface area (Å²) in [6.07, 6.45) is 0.848. The highest BCUT2D eigenvalue weighted by Crippen LogP contribution is 2.30. The van der Waals surface area contributed by atoms with Gasteiger partial charge in [-0.05, 0) is 30.7 Å². The second kappa shape index (κ2) is 10.4. The number of aliphatic carboxylic acids is 2. The average molecular weight is 512 g/mol. The Kier molecular flexibility index (Phi) is 7.58. The molecule has 34 heavy (non-hydrogen) atoms. The van der Waals surface area contributed by atoms with E-state index in [4.69, 9.17) is 39.5 Å². The number of carboxylic acids is 2.